The van der Waals surface area contributed by atoms with Gasteiger partial charge in [0, 0.05) is 11.1 Å². The van der Waals surface area contributed by atoms with Gasteiger partial charge < -0.3 is 4.74 Å². The minimum Gasteiger partial charge on any atom is -0.485 e. The van der Waals surface area contributed by atoms with Crippen LogP contribution in [-0.2, 0) is 0 Å². The third-order valence-electron chi connectivity index (χ3n) is 4.25. The fourth-order valence-corrected chi connectivity index (χ4v) is 3.48. The molecule has 0 radical (unpaired) electrons. The summed E-state index contributed by atoms with van der Waals surface area (Å²) >= 11 is 0. The summed E-state index contributed by atoms with van der Waals surface area (Å²) in [5.41, 5.74) is 0.644. The van der Waals surface area contributed by atoms with Gasteiger partial charge in [0.2, 0.25) is 5.82 Å². The number of rotatable bonds is 2. The first-order valence-corrected chi connectivity index (χ1v) is 6.87. The molecule has 4 heteroatoms. The lowest BCUT2D eigenvalue weighted by molar-refractivity contribution is 0.210. The smallest absolute Gasteiger partial charge is 0.204 e. The summed E-state index contributed by atoms with van der Waals surface area (Å²) in [4.78, 5) is 0. The van der Waals surface area contributed by atoms with Crippen LogP contribution < -0.4 is 4.74 Å². The minimum absolute atomic E-state index is 0.0182. The molecule has 0 amide bonds. The maximum Gasteiger partial charge on any atom is 0.204 e. The molecule has 1 saturated carbocycles. The van der Waals surface area contributed by atoms with Crippen molar-refractivity contribution in [3.63, 3.8) is 0 Å². The van der Waals surface area contributed by atoms with Crippen LogP contribution in [-0.4, -0.2) is 6.10 Å². The lowest BCUT2D eigenvalue weighted by Crippen LogP contribution is -2.26. The van der Waals surface area contributed by atoms with Crippen LogP contribution in [0.2, 0.25) is 0 Å². The van der Waals surface area contributed by atoms with E-state index in [1.165, 1.54) is 0 Å². The van der Waals surface area contributed by atoms with Crippen molar-refractivity contribution in [2.24, 2.45) is 0 Å². The van der Waals surface area contributed by atoms with Gasteiger partial charge in [0.25, 0.3) is 0 Å². The van der Waals surface area contributed by atoms with Crippen LogP contribution in [0.25, 0.3) is 0 Å². The second-order valence-electron chi connectivity index (χ2n) is 5.81. The average Bonchev–Trinajstić information content (AvgIpc) is 2.41. The molecule has 0 atom stereocenters. The van der Waals surface area contributed by atoms with Crippen molar-refractivity contribution in [1.82, 2.24) is 0 Å². The van der Waals surface area contributed by atoms with E-state index in [0.29, 0.717) is 5.56 Å². The first-order valence-electron chi connectivity index (χ1n) is 6.87. The topological polar surface area (TPSA) is 9.23 Å². The minimum atomic E-state index is -1.17. The maximum atomic E-state index is 14.5. The number of hydrogen-bond acceptors (Lipinski definition) is 1. The summed E-state index contributed by atoms with van der Waals surface area (Å²) in [6.45, 7) is 3.34. The summed E-state index contributed by atoms with van der Waals surface area (Å²) in [7, 11) is 0. The van der Waals surface area contributed by atoms with Gasteiger partial charge in [-0.05, 0) is 51.4 Å². The second kappa shape index (κ2) is 4.43. The molecular formula is C15H17F3O. The molecule has 0 unspecified atom stereocenters. The molecule has 4 rings (SSSR count). The van der Waals surface area contributed by atoms with E-state index >= 15 is 0 Å². The van der Waals surface area contributed by atoms with Crippen LogP contribution >= 0.6 is 0 Å². The molecule has 0 N–H and O–H groups in total. The van der Waals surface area contributed by atoms with Gasteiger partial charge in [0.1, 0.15) is 0 Å². The summed E-state index contributed by atoms with van der Waals surface area (Å²) in [5.74, 6) is -3.31. The van der Waals surface area contributed by atoms with Crippen LogP contribution in [0.5, 0.6) is 5.75 Å². The van der Waals surface area contributed by atoms with E-state index in [2.05, 4.69) is 0 Å². The van der Waals surface area contributed by atoms with Crippen LogP contribution in [0.4, 0.5) is 13.2 Å². The Hall–Kier alpha value is -1.19. The zero-order valence-corrected chi connectivity index (χ0v) is 11.1. The van der Waals surface area contributed by atoms with Crippen LogP contribution in [0.1, 0.15) is 62.5 Å². The van der Waals surface area contributed by atoms with Crippen molar-refractivity contribution in [2.45, 2.75) is 57.5 Å². The van der Waals surface area contributed by atoms with Crippen LogP contribution in [0.15, 0.2) is 0 Å². The van der Waals surface area contributed by atoms with E-state index in [1.54, 1.807) is 13.8 Å². The zero-order chi connectivity index (χ0) is 13.7. The van der Waals surface area contributed by atoms with Gasteiger partial charge in [-0.2, -0.15) is 4.39 Å². The number of hydrogen-bond donors (Lipinski definition) is 0. The van der Waals surface area contributed by atoms with E-state index in [9.17, 15) is 13.2 Å². The Morgan fingerprint density at radius 2 is 1.32 bits per heavy atom. The molecule has 104 valence electrons. The number of halogens is 3. The van der Waals surface area contributed by atoms with Crippen molar-refractivity contribution < 1.29 is 17.9 Å². The van der Waals surface area contributed by atoms with E-state index < -0.39 is 23.2 Å². The lowest BCUT2D eigenvalue weighted by Gasteiger charge is -2.39. The molecule has 3 aliphatic rings. The highest BCUT2D eigenvalue weighted by molar-refractivity contribution is 5.47. The largest absolute Gasteiger partial charge is 0.485 e. The highest BCUT2D eigenvalue weighted by atomic mass is 19.2. The molecule has 1 fully saturated rings. The van der Waals surface area contributed by atoms with E-state index in [1.807, 2.05) is 0 Å². The third-order valence-corrected chi connectivity index (χ3v) is 4.25. The number of ether oxygens (including phenoxy) is 1. The molecule has 0 aliphatic heterocycles. The molecular weight excluding hydrogens is 253 g/mol. The molecule has 1 aromatic carbocycles. The Morgan fingerprint density at radius 1 is 0.842 bits per heavy atom. The fourth-order valence-electron chi connectivity index (χ4n) is 3.48. The third kappa shape index (κ3) is 1.84. The van der Waals surface area contributed by atoms with Crippen LogP contribution in [0.3, 0.4) is 0 Å². The van der Waals surface area contributed by atoms with Crippen molar-refractivity contribution >= 4 is 0 Å². The molecule has 0 aromatic heterocycles. The summed E-state index contributed by atoms with van der Waals surface area (Å²) in [6, 6.07) is 0. The first kappa shape index (κ1) is 12.8. The number of benzene rings is 1. The van der Waals surface area contributed by atoms with Gasteiger partial charge in [0.15, 0.2) is 17.4 Å². The van der Waals surface area contributed by atoms with Gasteiger partial charge in [0.05, 0.1) is 6.10 Å². The fraction of sp³-hybridized carbons (Fsp3) is 0.600. The molecule has 2 bridgehead atoms. The Labute approximate surface area is 110 Å². The molecule has 3 aliphatic carbocycles. The molecule has 0 saturated heterocycles. The molecule has 19 heavy (non-hydrogen) atoms. The standard InChI is InChI=1S/C15H17F3O/c1-7(2)19-15-13(17)11-9-5-3-8(4-6-9)10(11)12(16)14(15)18/h7-9H,3-6H2,1-2H3. The van der Waals surface area contributed by atoms with E-state index in [-0.39, 0.29) is 23.5 Å². The Kier molecular flexibility index (Phi) is 2.99. The van der Waals surface area contributed by atoms with Crippen molar-refractivity contribution in [3.05, 3.63) is 28.6 Å². The Morgan fingerprint density at radius 3 is 1.79 bits per heavy atom. The molecule has 0 spiro atoms. The summed E-state index contributed by atoms with van der Waals surface area (Å²) in [6.07, 6.45) is 3.00. The zero-order valence-electron chi connectivity index (χ0n) is 11.1. The first-order chi connectivity index (χ1) is 9.00. The van der Waals surface area contributed by atoms with Gasteiger partial charge in [-0.3, -0.25) is 0 Å². The number of fused-ring (bicyclic) bond motifs is 2. The van der Waals surface area contributed by atoms with E-state index in [4.69, 9.17) is 4.74 Å². The van der Waals surface area contributed by atoms with E-state index in [0.717, 1.165) is 25.7 Å². The molecule has 1 aromatic rings. The molecule has 0 heterocycles. The average molecular weight is 270 g/mol. The highest BCUT2D eigenvalue weighted by Gasteiger charge is 2.40. The predicted octanol–water partition coefficient (Wildman–Crippen LogP) is 4.65. The molecule has 1 nitrogen and oxygen atoms in total. The Balaban J connectivity index is 2.21. The van der Waals surface area contributed by atoms with Gasteiger partial charge >= 0.3 is 0 Å². The predicted molar refractivity (Wildman–Crippen MR) is 66.0 cm³/mol. The van der Waals surface area contributed by atoms with Crippen molar-refractivity contribution in [2.75, 3.05) is 0 Å². The monoisotopic (exact) mass is 270 g/mol. The van der Waals surface area contributed by atoms with Crippen molar-refractivity contribution in [1.29, 1.82) is 0 Å². The summed E-state index contributed by atoms with van der Waals surface area (Å²) < 4.78 is 47.8. The van der Waals surface area contributed by atoms with Gasteiger partial charge in [-0.25, -0.2) is 8.78 Å². The van der Waals surface area contributed by atoms with Crippen LogP contribution in [0, 0.1) is 17.5 Å². The maximum absolute atomic E-state index is 14.5. The van der Waals surface area contributed by atoms with Gasteiger partial charge in [-0.15, -0.1) is 0 Å². The normalized spacial score (nSPS) is 24.7. The highest BCUT2D eigenvalue weighted by Crippen LogP contribution is 2.53. The summed E-state index contributed by atoms with van der Waals surface area (Å²) in [5, 5.41) is 0. The SMILES string of the molecule is CC(C)Oc1c(F)c(F)c2c(c1F)C1CCC2CC1. The lowest BCUT2D eigenvalue weighted by atomic mass is 9.66. The Bertz CT molecular complexity index is 517. The quantitative estimate of drug-likeness (QED) is 0.711. The van der Waals surface area contributed by atoms with Crippen molar-refractivity contribution in [3.8, 4) is 5.75 Å². The second-order valence-corrected chi connectivity index (χ2v) is 5.81. The van der Waals surface area contributed by atoms with Gasteiger partial charge in [-0.1, -0.05) is 0 Å².